The van der Waals surface area contributed by atoms with E-state index in [0.717, 1.165) is 27.3 Å². The summed E-state index contributed by atoms with van der Waals surface area (Å²) in [6.07, 6.45) is -1.52. The number of ketones is 1. The van der Waals surface area contributed by atoms with Crippen LogP contribution in [-0.4, -0.2) is 34.6 Å². The lowest BCUT2D eigenvalue weighted by molar-refractivity contribution is -0.255. The summed E-state index contributed by atoms with van der Waals surface area (Å²) in [5.74, 6) is -0.120. The Bertz CT molecular complexity index is 1950. The molecular formula is C41H38N2O6S. The highest BCUT2D eigenvalue weighted by atomic mass is 32.2. The number of nitrogens with one attached hydrogen (secondary N) is 2. The van der Waals surface area contributed by atoms with Crippen LogP contribution in [0.1, 0.15) is 75.1 Å². The van der Waals surface area contributed by atoms with Crippen LogP contribution < -0.4 is 10.6 Å². The zero-order chi connectivity index (χ0) is 35.0. The van der Waals surface area contributed by atoms with Gasteiger partial charge in [0, 0.05) is 51.6 Å². The van der Waals surface area contributed by atoms with E-state index in [1.54, 1.807) is 54.2 Å². The molecule has 2 amide bonds. The van der Waals surface area contributed by atoms with Gasteiger partial charge >= 0.3 is 0 Å². The lowest BCUT2D eigenvalue weighted by Crippen LogP contribution is -2.38. The molecule has 4 atom stereocenters. The molecule has 50 heavy (non-hydrogen) atoms. The van der Waals surface area contributed by atoms with Gasteiger partial charge in [0.25, 0.3) is 5.91 Å². The third kappa shape index (κ3) is 8.56. The van der Waals surface area contributed by atoms with Crippen LogP contribution in [-0.2, 0) is 20.9 Å². The van der Waals surface area contributed by atoms with Crippen molar-refractivity contribution in [3.05, 3.63) is 161 Å². The van der Waals surface area contributed by atoms with Crippen molar-refractivity contribution in [1.29, 1.82) is 0 Å². The van der Waals surface area contributed by atoms with Gasteiger partial charge in [-0.05, 0) is 72.1 Å². The molecular weight excluding hydrogens is 649 g/mol. The van der Waals surface area contributed by atoms with Gasteiger partial charge in [-0.15, -0.1) is 11.8 Å². The molecule has 9 heteroatoms. The Balaban J connectivity index is 1.32. The molecule has 0 aromatic heterocycles. The predicted octanol–water partition coefficient (Wildman–Crippen LogP) is 8.32. The molecule has 1 aliphatic heterocycles. The van der Waals surface area contributed by atoms with Gasteiger partial charge in [0.05, 0.1) is 18.8 Å². The van der Waals surface area contributed by atoms with Crippen molar-refractivity contribution in [3.8, 4) is 0 Å². The summed E-state index contributed by atoms with van der Waals surface area (Å²) < 4.78 is 13.6. The fraction of sp³-hybridized carbons (Fsp3) is 0.195. The Morgan fingerprint density at radius 3 is 2.08 bits per heavy atom. The first kappa shape index (κ1) is 34.8. The van der Waals surface area contributed by atoms with E-state index in [-0.39, 0.29) is 36.2 Å². The van der Waals surface area contributed by atoms with Crippen LogP contribution >= 0.6 is 11.8 Å². The fourth-order valence-electron chi connectivity index (χ4n) is 6.01. The number of rotatable bonds is 11. The third-order valence-corrected chi connectivity index (χ3v) is 9.61. The van der Waals surface area contributed by atoms with Crippen LogP contribution in [0, 0.1) is 0 Å². The zero-order valence-corrected chi connectivity index (χ0v) is 28.6. The number of hydrogen-bond donors (Lipinski definition) is 3. The average molecular weight is 687 g/mol. The zero-order valence-electron chi connectivity index (χ0n) is 27.7. The fourth-order valence-corrected chi connectivity index (χ4v) is 6.98. The van der Waals surface area contributed by atoms with Crippen LogP contribution in [0.5, 0.6) is 0 Å². The number of ether oxygens (including phenoxy) is 2. The highest BCUT2D eigenvalue weighted by Crippen LogP contribution is 2.48. The van der Waals surface area contributed by atoms with Gasteiger partial charge in [-0.1, -0.05) is 78.9 Å². The lowest BCUT2D eigenvalue weighted by atomic mass is 9.84. The van der Waals surface area contributed by atoms with E-state index < -0.39 is 12.4 Å². The maximum Gasteiger partial charge on any atom is 0.255 e. The van der Waals surface area contributed by atoms with Crippen molar-refractivity contribution in [2.75, 3.05) is 16.4 Å². The molecule has 5 aromatic rings. The molecule has 0 spiro atoms. The van der Waals surface area contributed by atoms with Crippen molar-refractivity contribution in [3.63, 3.8) is 0 Å². The number of thioether (sulfide) groups is 1. The van der Waals surface area contributed by atoms with Crippen molar-refractivity contribution in [1.82, 2.24) is 0 Å². The number of aliphatic hydroxyl groups excluding tert-OH is 1. The summed E-state index contributed by atoms with van der Waals surface area (Å²) in [6.45, 7) is 2.91. The first-order valence-electron chi connectivity index (χ1n) is 16.4. The standard InChI is InChI=1S/C41H38N2O6S/c1-26(45)31-10-7-13-35(23-31)43-40(47)32-11-6-12-33(22-32)41-48-37(25-50-36-20-18-34(19-21-36)42-27(2)46)38(29-8-4-3-5-9-29)39(49-41)30-16-14-28(24-44)15-17-30/h3-23,37-39,41,44H,24-25H2,1-2H3,(H,42,46)(H,43,47). The second-order valence-electron chi connectivity index (χ2n) is 12.1. The molecule has 1 heterocycles. The summed E-state index contributed by atoms with van der Waals surface area (Å²) >= 11 is 1.65. The molecule has 0 radical (unpaired) electrons. The van der Waals surface area contributed by atoms with E-state index in [9.17, 15) is 19.5 Å². The van der Waals surface area contributed by atoms with E-state index in [1.807, 2.05) is 72.8 Å². The second kappa shape index (κ2) is 16.1. The predicted molar refractivity (Wildman–Crippen MR) is 195 cm³/mol. The first-order chi connectivity index (χ1) is 24.3. The summed E-state index contributed by atoms with van der Waals surface area (Å²) in [5.41, 5.74) is 5.68. The molecule has 8 nitrogen and oxygen atoms in total. The van der Waals surface area contributed by atoms with Crippen LogP contribution in [0.4, 0.5) is 11.4 Å². The molecule has 5 aromatic carbocycles. The topological polar surface area (TPSA) is 114 Å². The van der Waals surface area contributed by atoms with Crippen LogP contribution in [0.2, 0.25) is 0 Å². The van der Waals surface area contributed by atoms with Crippen molar-refractivity contribution in [2.24, 2.45) is 0 Å². The Kier molecular flexibility index (Phi) is 11.2. The average Bonchev–Trinajstić information content (AvgIpc) is 3.14. The highest BCUT2D eigenvalue weighted by Gasteiger charge is 2.42. The highest BCUT2D eigenvalue weighted by molar-refractivity contribution is 7.99. The largest absolute Gasteiger partial charge is 0.392 e. The smallest absolute Gasteiger partial charge is 0.255 e. The van der Waals surface area contributed by atoms with Crippen molar-refractivity contribution < 1.29 is 29.0 Å². The van der Waals surface area contributed by atoms with Crippen LogP contribution in [0.15, 0.2) is 132 Å². The summed E-state index contributed by atoms with van der Waals surface area (Å²) in [6, 6.07) is 39.7. The SMILES string of the molecule is CC(=O)Nc1ccc(SCC2OC(c3cccc(C(=O)Nc4cccc(C(C)=O)c4)c3)OC(c3ccc(CO)cc3)C2c2ccccc2)cc1. The van der Waals surface area contributed by atoms with Gasteiger partial charge in [0.15, 0.2) is 12.1 Å². The van der Waals surface area contributed by atoms with E-state index in [0.29, 0.717) is 28.1 Å². The van der Waals surface area contributed by atoms with Crippen LogP contribution in [0.3, 0.4) is 0 Å². The Hall–Kier alpha value is -5.06. The molecule has 0 bridgehead atoms. The number of benzene rings is 5. The van der Waals surface area contributed by atoms with E-state index in [4.69, 9.17) is 9.47 Å². The minimum Gasteiger partial charge on any atom is -0.392 e. The first-order valence-corrected chi connectivity index (χ1v) is 17.3. The molecule has 254 valence electrons. The van der Waals surface area contributed by atoms with Gasteiger partial charge in [-0.3, -0.25) is 14.4 Å². The quantitative estimate of drug-likeness (QED) is 0.0946. The number of hydrogen-bond acceptors (Lipinski definition) is 7. The molecule has 6 rings (SSSR count). The summed E-state index contributed by atoms with van der Waals surface area (Å²) in [5, 5.41) is 15.4. The summed E-state index contributed by atoms with van der Waals surface area (Å²) in [7, 11) is 0. The number of carbonyl (C=O) groups is 3. The molecule has 0 saturated carbocycles. The Morgan fingerprint density at radius 2 is 1.38 bits per heavy atom. The van der Waals surface area contributed by atoms with Crippen molar-refractivity contribution in [2.45, 2.75) is 49.8 Å². The van der Waals surface area contributed by atoms with Gasteiger partial charge in [-0.25, -0.2) is 0 Å². The number of anilines is 2. The lowest BCUT2D eigenvalue weighted by Gasteiger charge is -2.43. The Morgan fingerprint density at radius 1 is 0.680 bits per heavy atom. The maximum absolute atomic E-state index is 13.4. The number of amides is 2. The minimum atomic E-state index is -0.793. The molecule has 1 saturated heterocycles. The Labute approximate surface area is 295 Å². The van der Waals surface area contributed by atoms with Gasteiger partial charge in [0.2, 0.25) is 5.91 Å². The van der Waals surface area contributed by atoms with Gasteiger partial charge < -0.3 is 25.2 Å². The van der Waals surface area contributed by atoms with Gasteiger partial charge in [0.1, 0.15) is 0 Å². The molecule has 3 N–H and O–H groups in total. The maximum atomic E-state index is 13.4. The number of carbonyl (C=O) groups excluding carboxylic acids is 3. The summed E-state index contributed by atoms with van der Waals surface area (Å²) in [4.78, 5) is 37.8. The minimum absolute atomic E-state index is 0.0620. The third-order valence-electron chi connectivity index (χ3n) is 8.51. The number of Topliss-reactive ketones (excluding diaryl/α,β-unsaturated/α-hetero) is 1. The van der Waals surface area contributed by atoms with E-state index >= 15 is 0 Å². The normalized spacial score (nSPS) is 18.6. The van der Waals surface area contributed by atoms with E-state index in [1.165, 1.54) is 13.8 Å². The molecule has 4 unspecified atom stereocenters. The monoisotopic (exact) mass is 686 g/mol. The van der Waals surface area contributed by atoms with Gasteiger partial charge in [-0.2, -0.15) is 0 Å². The molecule has 1 aliphatic rings. The van der Waals surface area contributed by atoms with Crippen molar-refractivity contribution >= 4 is 40.7 Å². The number of aliphatic hydroxyl groups is 1. The second-order valence-corrected chi connectivity index (χ2v) is 13.2. The van der Waals surface area contributed by atoms with Crippen LogP contribution in [0.25, 0.3) is 0 Å². The molecule has 1 fully saturated rings. The van der Waals surface area contributed by atoms with E-state index in [2.05, 4.69) is 22.8 Å². The molecule has 0 aliphatic carbocycles.